The second-order valence-electron chi connectivity index (χ2n) is 4.43. The van der Waals surface area contributed by atoms with E-state index in [1.54, 1.807) is 11.3 Å². The Labute approximate surface area is 95.3 Å². The van der Waals surface area contributed by atoms with Crippen LogP contribution in [0.3, 0.4) is 0 Å². The van der Waals surface area contributed by atoms with E-state index in [4.69, 9.17) is 0 Å². The molecule has 1 aliphatic carbocycles. The SMILES string of the molecule is OC(CNc1ccsc1)CC1CCCC1. The van der Waals surface area contributed by atoms with E-state index in [1.807, 2.05) is 11.4 Å². The Morgan fingerprint density at radius 3 is 2.93 bits per heavy atom. The third-order valence-electron chi connectivity index (χ3n) is 3.14. The number of rotatable bonds is 5. The molecule has 0 amide bonds. The smallest absolute Gasteiger partial charge is 0.0715 e. The average Bonchev–Trinajstić information content (AvgIpc) is 2.86. The number of aliphatic hydroxyl groups excluding tert-OH is 1. The van der Waals surface area contributed by atoms with E-state index < -0.39 is 0 Å². The molecule has 0 spiro atoms. The van der Waals surface area contributed by atoms with Crippen molar-refractivity contribution >= 4 is 17.0 Å². The summed E-state index contributed by atoms with van der Waals surface area (Å²) in [5.41, 5.74) is 1.13. The van der Waals surface area contributed by atoms with Gasteiger partial charge in [-0.25, -0.2) is 0 Å². The van der Waals surface area contributed by atoms with Crippen LogP contribution >= 0.6 is 11.3 Å². The summed E-state index contributed by atoms with van der Waals surface area (Å²) in [5.74, 6) is 0.768. The van der Waals surface area contributed by atoms with E-state index >= 15 is 0 Å². The number of nitrogens with one attached hydrogen (secondary N) is 1. The highest BCUT2D eigenvalue weighted by atomic mass is 32.1. The molecule has 1 saturated carbocycles. The van der Waals surface area contributed by atoms with Crippen molar-refractivity contribution in [1.29, 1.82) is 0 Å². The molecular weight excluding hydrogens is 206 g/mol. The first-order chi connectivity index (χ1) is 7.34. The molecule has 2 N–H and O–H groups in total. The normalized spacial score (nSPS) is 19.3. The molecule has 0 saturated heterocycles. The quantitative estimate of drug-likeness (QED) is 0.807. The molecule has 1 atom stereocenters. The van der Waals surface area contributed by atoms with Crippen LogP contribution in [0.4, 0.5) is 5.69 Å². The minimum absolute atomic E-state index is 0.187. The van der Waals surface area contributed by atoms with Crippen LogP contribution in [0.1, 0.15) is 32.1 Å². The van der Waals surface area contributed by atoms with Crippen LogP contribution in [0.25, 0.3) is 0 Å². The molecule has 2 nitrogen and oxygen atoms in total. The number of aliphatic hydroxyl groups is 1. The van der Waals surface area contributed by atoms with Gasteiger partial charge in [0, 0.05) is 17.6 Å². The highest BCUT2D eigenvalue weighted by Gasteiger charge is 2.18. The third kappa shape index (κ3) is 3.50. The van der Waals surface area contributed by atoms with Gasteiger partial charge in [0.25, 0.3) is 0 Å². The fraction of sp³-hybridized carbons (Fsp3) is 0.667. The predicted molar refractivity (Wildman–Crippen MR) is 65.4 cm³/mol. The van der Waals surface area contributed by atoms with Crippen molar-refractivity contribution in [2.45, 2.75) is 38.2 Å². The van der Waals surface area contributed by atoms with Gasteiger partial charge in [-0.2, -0.15) is 11.3 Å². The van der Waals surface area contributed by atoms with Gasteiger partial charge in [-0.3, -0.25) is 0 Å². The zero-order chi connectivity index (χ0) is 10.5. The maximum absolute atomic E-state index is 9.85. The topological polar surface area (TPSA) is 32.3 Å². The van der Waals surface area contributed by atoms with Crippen molar-refractivity contribution in [3.05, 3.63) is 16.8 Å². The monoisotopic (exact) mass is 225 g/mol. The summed E-state index contributed by atoms with van der Waals surface area (Å²) in [5, 5.41) is 17.2. The second-order valence-corrected chi connectivity index (χ2v) is 5.21. The molecule has 3 heteroatoms. The van der Waals surface area contributed by atoms with Crippen LogP contribution in [-0.4, -0.2) is 17.8 Å². The van der Waals surface area contributed by atoms with Gasteiger partial charge in [-0.15, -0.1) is 0 Å². The maximum Gasteiger partial charge on any atom is 0.0715 e. The molecule has 1 heterocycles. The molecule has 1 fully saturated rings. The summed E-state index contributed by atoms with van der Waals surface area (Å²) >= 11 is 1.68. The number of hydrogen-bond donors (Lipinski definition) is 2. The van der Waals surface area contributed by atoms with E-state index in [0.29, 0.717) is 6.54 Å². The minimum Gasteiger partial charge on any atom is -0.391 e. The molecule has 2 rings (SSSR count). The maximum atomic E-state index is 9.85. The van der Waals surface area contributed by atoms with Crippen LogP contribution in [0.15, 0.2) is 16.8 Å². The molecular formula is C12H19NOS. The van der Waals surface area contributed by atoms with Gasteiger partial charge in [0.15, 0.2) is 0 Å². The lowest BCUT2D eigenvalue weighted by Gasteiger charge is -2.15. The summed E-state index contributed by atoms with van der Waals surface area (Å²) in [4.78, 5) is 0. The van der Waals surface area contributed by atoms with Crippen molar-refractivity contribution in [3.8, 4) is 0 Å². The first-order valence-electron chi connectivity index (χ1n) is 5.79. The molecule has 0 aromatic carbocycles. The van der Waals surface area contributed by atoms with Crippen LogP contribution < -0.4 is 5.32 Å². The van der Waals surface area contributed by atoms with Crippen LogP contribution in [0.5, 0.6) is 0 Å². The number of thiophene rings is 1. The molecule has 15 heavy (non-hydrogen) atoms. The van der Waals surface area contributed by atoms with E-state index in [9.17, 15) is 5.11 Å². The predicted octanol–water partition coefficient (Wildman–Crippen LogP) is 3.10. The Morgan fingerprint density at radius 2 is 2.27 bits per heavy atom. The van der Waals surface area contributed by atoms with Gasteiger partial charge in [-0.05, 0) is 23.8 Å². The highest BCUT2D eigenvalue weighted by molar-refractivity contribution is 7.08. The highest BCUT2D eigenvalue weighted by Crippen LogP contribution is 2.28. The Balaban J connectivity index is 1.66. The fourth-order valence-electron chi connectivity index (χ4n) is 2.31. The van der Waals surface area contributed by atoms with Crippen molar-refractivity contribution in [1.82, 2.24) is 0 Å². The zero-order valence-electron chi connectivity index (χ0n) is 8.98. The standard InChI is InChI=1S/C12H19NOS/c14-12(7-10-3-1-2-4-10)8-13-11-5-6-15-9-11/h5-6,9-10,12-14H,1-4,7-8H2. The van der Waals surface area contributed by atoms with Gasteiger partial charge in [0.05, 0.1) is 6.10 Å². The Bertz CT molecular complexity index is 267. The number of anilines is 1. The molecule has 0 aliphatic heterocycles. The molecule has 1 unspecified atom stereocenters. The van der Waals surface area contributed by atoms with E-state index in [0.717, 1.165) is 18.0 Å². The van der Waals surface area contributed by atoms with Gasteiger partial charge < -0.3 is 10.4 Å². The lowest BCUT2D eigenvalue weighted by molar-refractivity contribution is 0.155. The summed E-state index contributed by atoms with van der Waals surface area (Å²) in [6, 6.07) is 2.05. The van der Waals surface area contributed by atoms with E-state index in [-0.39, 0.29) is 6.10 Å². The van der Waals surface area contributed by atoms with Crippen molar-refractivity contribution in [3.63, 3.8) is 0 Å². The summed E-state index contributed by atoms with van der Waals surface area (Å²) in [6.45, 7) is 0.688. The Morgan fingerprint density at radius 1 is 1.47 bits per heavy atom. The molecule has 1 aromatic heterocycles. The number of hydrogen-bond acceptors (Lipinski definition) is 3. The van der Waals surface area contributed by atoms with E-state index in [1.165, 1.54) is 25.7 Å². The largest absolute Gasteiger partial charge is 0.391 e. The van der Waals surface area contributed by atoms with Gasteiger partial charge in [-0.1, -0.05) is 25.7 Å². The van der Waals surface area contributed by atoms with Crippen molar-refractivity contribution in [2.75, 3.05) is 11.9 Å². The Kier molecular flexibility index (Phi) is 4.03. The molecule has 1 aromatic rings. The lowest BCUT2D eigenvalue weighted by atomic mass is 10.0. The molecule has 1 aliphatic rings. The van der Waals surface area contributed by atoms with Crippen LogP contribution in [0.2, 0.25) is 0 Å². The van der Waals surface area contributed by atoms with Crippen LogP contribution in [-0.2, 0) is 0 Å². The molecule has 84 valence electrons. The van der Waals surface area contributed by atoms with Crippen molar-refractivity contribution in [2.24, 2.45) is 5.92 Å². The average molecular weight is 225 g/mol. The summed E-state index contributed by atoms with van der Waals surface area (Å²) in [6.07, 6.45) is 6.13. The second kappa shape index (κ2) is 5.52. The van der Waals surface area contributed by atoms with E-state index in [2.05, 4.69) is 10.7 Å². The first-order valence-corrected chi connectivity index (χ1v) is 6.73. The summed E-state index contributed by atoms with van der Waals surface area (Å²) in [7, 11) is 0. The van der Waals surface area contributed by atoms with Gasteiger partial charge >= 0.3 is 0 Å². The molecule has 0 bridgehead atoms. The fourth-order valence-corrected chi connectivity index (χ4v) is 2.93. The van der Waals surface area contributed by atoms with Crippen LogP contribution in [0, 0.1) is 5.92 Å². The lowest BCUT2D eigenvalue weighted by Crippen LogP contribution is -2.21. The van der Waals surface area contributed by atoms with Crippen molar-refractivity contribution < 1.29 is 5.11 Å². The third-order valence-corrected chi connectivity index (χ3v) is 3.83. The first kappa shape index (κ1) is 11.0. The summed E-state index contributed by atoms with van der Waals surface area (Å²) < 4.78 is 0. The zero-order valence-corrected chi connectivity index (χ0v) is 9.80. The Hall–Kier alpha value is -0.540. The van der Waals surface area contributed by atoms with Gasteiger partial charge in [0.2, 0.25) is 0 Å². The molecule has 0 radical (unpaired) electrons. The van der Waals surface area contributed by atoms with Gasteiger partial charge in [0.1, 0.15) is 0 Å². The minimum atomic E-state index is -0.187.